The minimum Gasteiger partial charge on any atom is -0.381 e. The van der Waals surface area contributed by atoms with Crippen LogP contribution in [0.25, 0.3) is 0 Å². The van der Waals surface area contributed by atoms with Crippen LogP contribution in [0.5, 0.6) is 0 Å². The molecule has 0 bridgehead atoms. The van der Waals surface area contributed by atoms with Crippen molar-refractivity contribution < 1.29 is 13.2 Å². The molecule has 0 unspecified atom stereocenters. The Balaban J connectivity index is 1.23. The first-order valence-corrected chi connectivity index (χ1v) is 11.5. The summed E-state index contributed by atoms with van der Waals surface area (Å²) < 4.78 is 33.5. The van der Waals surface area contributed by atoms with Crippen molar-refractivity contribution in [2.75, 3.05) is 39.4 Å². The summed E-state index contributed by atoms with van der Waals surface area (Å²) in [5.41, 5.74) is 0.883. The standard InChI is InChI=1S/C17H25N3O3S2/c1-12-16(24-15(18-12)13-2-3-13)25(21,22)20-10-17(11-20)8-19(9-17)14-4-6-23-7-5-14/h13-14H,2-11H2,1H3. The van der Waals surface area contributed by atoms with Gasteiger partial charge >= 0.3 is 0 Å². The minimum atomic E-state index is -3.36. The highest BCUT2D eigenvalue weighted by Crippen LogP contribution is 2.47. The lowest BCUT2D eigenvalue weighted by molar-refractivity contribution is -0.116. The van der Waals surface area contributed by atoms with E-state index in [-0.39, 0.29) is 5.41 Å². The van der Waals surface area contributed by atoms with Crippen LogP contribution in [0.1, 0.15) is 42.3 Å². The smallest absolute Gasteiger partial charge is 0.254 e. The molecule has 3 aliphatic heterocycles. The Kier molecular flexibility index (Phi) is 3.81. The number of aromatic nitrogens is 1. The van der Waals surface area contributed by atoms with E-state index in [1.165, 1.54) is 11.3 Å². The first-order chi connectivity index (χ1) is 12.0. The van der Waals surface area contributed by atoms with Gasteiger partial charge in [-0.05, 0) is 32.6 Å². The second kappa shape index (κ2) is 5.73. The van der Waals surface area contributed by atoms with Gasteiger partial charge < -0.3 is 4.74 Å². The van der Waals surface area contributed by atoms with Gasteiger partial charge in [-0.15, -0.1) is 11.3 Å². The van der Waals surface area contributed by atoms with Gasteiger partial charge in [-0.25, -0.2) is 13.4 Å². The molecule has 4 fully saturated rings. The molecule has 0 N–H and O–H groups in total. The molecule has 1 spiro atoms. The molecular weight excluding hydrogens is 358 g/mol. The van der Waals surface area contributed by atoms with E-state index < -0.39 is 10.0 Å². The van der Waals surface area contributed by atoms with Crippen molar-refractivity contribution in [3.63, 3.8) is 0 Å². The van der Waals surface area contributed by atoms with E-state index in [1.54, 1.807) is 4.31 Å². The molecule has 1 saturated carbocycles. The monoisotopic (exact) mass is 383 g/mol. The fraction of sp³-hybridized carbons (Fsp3) is 0.824. The van der Waals surface area contributed by atoms with E-state index in [4.69, 9.17) is 4.74 Å². The summed E-state index contributed by atoms with van der Waals surface area (Å²) >= 11 is 1.40. The molecule has 0 aromatic carbocycles. The molecule has 1 aromatic heterocycles. The van der Waals surface area contributed by atoms with Gasteiger partial charge in [0, 0.05) is 56.8 Å². The molecule has 1 aliphatic carbocycles. The molecular formula is C17H25N3O3S2. The van der Waals surface area contributed by atoms with Gasteiger partial charge in [0.15, 0.2) is 4.21 Å². The molecule has 0 amide bonds. The number of hydrogen-bond donors (Lipinski definition) is 0. The molecule has 3 saturated heterocycles. The van der Waals surface area contributed by atoms with Crippen molar-refractivity contribution in [1.29, 1.82) is 0 Å². The quantitative estimate of drug-likeness (QED) is 0.794. The summed E-state index contributed by atoms with van der Waals surface area (Å²) in [4.78, 5) is 7.04. The number of nitrogens with zero attached hydrogens (tertiary/aromatic N) is 3. The van der Waals surface area contributed by atoms with Crippen LogP contribution < -0.4 is 0 Å². The third-order valence-electron chi connectivity index (χ3n) is 6.08. The Morgan fingerprint density at radius 1 is 1.12 bits per heavy atom. The summed E-state index contributed by atoms with van der Waals surface area (Å²) in [5, 5.41) is 1.01. The second-order valence-electron chi connectivity index (χ2n) is 8.22. The third kappa shape index (κ3) is 2.77. The van der Waals surface area contributed by atoms with Crippen LogP contribution in [0.2, 0.25) is 0 Å². The average Bonchev–Trinajstić information content (AvgIpc) is 3.28. The van der Waals surface area contributed by atoms with Gasteiger partial charge in [0.25, 0.3) is 10.0 Å². The predicted octanol–water partition coefficient (Wildman–Crippen LogP) is 1.81. The lowest BCUT2D eigenvalue weighted by atomic mass is 9.73. The van der Waals surface area contributed by atoms with Crippen LogP contribution in [0.15, 0.2) is 4.21 Å². The number of rotatable bonds is 4. The number of hydrogen-bond acceptors (Lipinski definition) is 6. The Bertz CT molecular complexity index is 767. The molecule has 4 aliphatic rings. The average molecular weight is 384 g/mol. The molecule has 6 nitrogen and oxygen atoms in total. The lowest BCUT2D eigenvalue weighted by Gasteiger charge is -2.61. The van der Waals surface area contributed by atoms with Gasteiger partial charge in [0.2, 0.25) is 0 Å². The van der Waals surface area contributed by atoms with Crippen molar-refractivity contribution >= 4 is 21.4 Å². The minimum absolute atomic E-state index is 0.198. The zero-order valence-corrected chi connectivity index (χ0v) is 16.2. The summed E-state index contributed by atoms with van der Waals surface area (Å²) in [6.07, 6.45) is 4.53. The maximum Gasteiger partial charge on any atom is 0.254 e. The van der Waals surface area contributed by atoms with Gasteiger partial charge in [0.05, 0.1) is 10.7 Å². The molecule has 0 atom stereocenters. The first-order valence-electron chi connectivity index (χ1n) is 9.26. The van der Waals surface area contributed by atoms with Crippen LogP contribution in [0.4, 0.5) is 0 Å². The fourth-order valence-corrected chi connectivity index (χ4v) is 7.96. The topological polar surface area (TPSA) is 62.7 Å². The second-order valence-corrected chi connectivity index (χ2v) is 11.4. The van der Waals surface area contributed by atoms with E-state index in [0.29, 0.717) is 35.0 Å². The Hall–Kier alpha value is -0.540. The number of sulfonamides is 1. The van der Waals surface area contributed by atoms with Crippen LogP contribution in [0, 0.1) is 12.3 Å². The van der Waals surface area contributed by atoms with Gasteiger partial charge in [0.1, 0.15) is 0 Å². The Labute approximate surface area is 153 Å². The summed E-state index contributed by atoms with van der Waals surface area (Å²) in [7, 11) is -3.36. The Morgan fingerprint density at radius 3 is 2.44 bits per heavy atom. The fourth-order valence-electron chi connectivity index (χ4n) is 4.46. The van der Waals surface area contributed by atoms with Gasteiger partial charge in [-0.3, -0.25) is 4.90 Å². The van der Waals surface area contributed by atoms with Crippen molar-refractivity contribution in [1.82, 2.24) is 14.2 Å². The molecule has 138 valence electrons. The summed E-state index contributed by atoms with van der Waals surface area (Å²) in [6.45, 7) is 6.99. The molecule has 25 heavy (non-hydrogen) atoms. The summed E-state index contributed by atoms with van der Waals surface area (Å²) in [5.74, 6) is 0.509. The van der Waals surface area contributed by atoms with Crippen LogP contribution in [0.3, 0.4) is 0 Å². The highest BCUT2D eigenvalue weighted by molar-refractivity contribution is 7.91. The first kappa shape index (κ1) is 16.6. The Morgan fingerprint density at radius 2 is 1.80 bits per heavy atom. The zero-order chi connectivity index (χ0) is 17.2. The van der Waals surface area contributed by atoms with Crippen LogP contribution in [-0.2, 0) is 14.8 Å². The maximum atomic E-state index is 13.0. The van der Waals surface area contributed by atoms with E-state index in [1.807, 2.05) is 6.92 Å². The number of aryl methyl sites for hydroxylation is 1. The number of ether oxygens (including phenoxy) is 1. The van der Waals surface area contributed by atoms with Crippen molar-refractivity contribution in [3.8, 4) is 0 Å². The lowest BCUT2D eigenvalue weighted by Crippen LogP contribution is -2.74. The maximum absolute atomic E-state index is 13.0. The zero-order valence-electron chi connectivity index (χ0n) is 14.6. The molecule has 4 heterocycles. The van der Waals surface area contributed by atoms with Crippen molar-refractivity contribution in [2.45, 2.75) is 48.8 Å². The summed E-state index contributed by atoms with van der Waals surface area (Å²) in [6, 6.07) is 0.634. The van der Waals surface area contributed by atoms with Crippen LogP contribution in [-0.4, -0.2) is 68.0 Å². The van der Waals surface area contributed by atoms with E-state index in [2.05, 4.69) is 9.88 Å². The van der Waals surface area contributed by atoms with Crippen LogP contribution >= 0.6 is 11.3 Å². The van der Waals surface area contributed by atoms with Crippen molar-refractivity contribution in [2.24, 2.45) is 5.41 Å². The van der Waals surface area contributed by atoms with E-state index in [9.17, 15) is 8.42 Å². The predicted molar refractivity (Wildman–Crippen MR) is 95.4 cm³/mol. The van der Waals surface area contributed by atoms with Gasteiger partial charge in [-0.1, -0.05) is 0 Å². The molecule has 8 heteroatoms. The normalized spacial score (nSPS) is 28.0. The number of thiazole rings is 1. The highest BCUT2D eigenvalue weighted by Gasteiger charge is 2.56. The molecule has 5 rings (SSSR count). The highest BCUT2D eigenvalue weighted by atomic mass is 32.2. The van der Waals surface area contributed by atoms with E-state index in [0.717, 1.165) is 57.0 Å². The third-order valence-corrected chi connectivity index (χ3v) is 9.78. The largest absolute Gasteiger partial charge is 0.381 e. The van der Waals surface area contributed by atoms with Crippen molar-refractivity contribution in [3.05, 3.63) is 10.7 Å². The van der Waals surface area contributed by atoms with E-state index >= 15 is 0 Å². The SMILES string of the molecule is Cc1nc(C2CC2)sc1S(=O)(=O)N1CC2(CN(C3CCOCC3)C2)C1. The van der Waals surface area contributed by atoms with Gasteiger partial charge in [-0.2, -0.15) is 4.31 Å². The molecule has 0 radical (unpaired) electrons. The number of likely N-dealkylation sites (tertiary alicyclic amines) is 1. The molecule has 1 aromatic rings.